The van der Waals surface area contributed by atoms with Crippen molar-refractivity contribution >= 4 is 35.3 Å². The van der Waals surface area contributed by atoms with Gasteiger partial charge in [-0.2, -0.15) is 0 Å². The van der Waals surface area contributed by atoms with Gasteiger partial charge in [0.25, 0.3) is 11.8 Å². The Kier molecular flexibility index (Phi) is 11.7. The summed E-state index contributed by atoms with van der Waals surface area (Å²) in [6, 6.07) is -3.57. The zero-order valence-electron chi connectivity index (χ0n) is 30.6. The highest BCUT2D eigenvalue weighted by molar-refractivity contribution is 6.38. The van der Waals surface area contributed by atoms with E-state index in [1.807, 2.05) is 0 Å². The molecule has 13 heteroatoms. The van der Waals surface area contributed by atoms with E-state index in [0.717, 1.165) is 77.0 Å². The number of carbonyl (C=O) groups excluding carboxylic acids is 6. The number of rotatable bonds is 15. The minimum absolute atomic E-state index is 0.0876. The quantitative estimate of drug-likeness (QED) is 0.158. The summed E-state index contributed by atoms with van der Waals surface area (Å²) in [6.07, 6.45) is 16.9. The van der Waals surface area contributed by atoms with Crippen molar-refractivity contribution in [3.05, 3.63) is 36.9 Å². The topological polar surface area (TPSA) is 180 Å². The molecule has 1 unspecified atom stereocenters. The summed E-state index contributed by atoms with van der Waals surface area (Å²) in [5, 5.41) is 11.5. The van der Waals surface area contributed by atoms with Gasteiger partial charge in [0.05, 0.1) is 12.2 Å². The molecule has 1 aromatic rings. The Balaban J connectivity index is 1.23. The smallest absolute Gasteiger partial charge is 0.289 e. The zero-order valence-corrected chi connectivity index (χ0v) is 30.6. The molecule has 6 rings (SSSR count). The Labute approximate surface area is 306 Å². The van der Waals surface area contributed by atoms with Gasteiger partial charge in [-0.3, -0.25) is 33.8 Å². The van der Waals surface area contributed by atoms with Crippen LogP contribution in [-0.2, 0) is 24.0 Å². The fraction of sp³-hybridized carbons (Fsp3) is 0.692. The first-order valence-corrected chi connectivity index (χ1v) is 19.4. The number of likely N-dealkylation sites (tertiary alicyclic amines) is 1. The number of aromatic nitrogens is 2. The van der Waals surface area contributed by atoms with Gasteiger partial charge in [0.15, 0.2) is 0 Å². The van der Waals surface area contributed by atoms with E-state index in [0.29, 0.717) is 13.0 Å². The molecule has 282 valence electrons. The van der Waals surface area contributed by atoms with Crippen LogP contribution in [0.3, 0.4) is 0 Å². The molecule has 0 radical (unpaired) electrons. The van der Waals surface area contributed by atoms with Gasteiger partial charge in [0.1, 0.15) is 23.8 Å². The van der Waals surface area contributed by atoms with Crippen molar-refractivity contribution < 1.29 is 28.8 Å². The van der Waals surface area contributed by atoms with Gasteiger partial charge in [-0.1, -0.05) is 71.3 Å². The normalized spacial score (nSPS) is 25.8. The van der Waals surface area contributed by atoms with Gasteiger partial charge >= 0.3 is 0 Å². The van der Waals surface area contributed by atoms with E-state index in [4.69, 9.17) is 0 Å². The van der Waals surface area contributed by atoms with Crippen LogP contribution in [0.5, 0.6) is 0 Å². The van der Waals surface area contributed by atoms with Crippen LogP contribution in [0.1, 0.15) is 108 Å². The van der Waals surface area contributed by atoms with Gasteiger partial charge in [-0.25, -0.2) is 4.98 Å². The number of hydrogen-bond donors (Lipinski definition) is 4. The van der Waals surface area contributed by atoms with E-state index in [-0.39, 0.29) is 53.2 Å². The van der Waals surface area contributed by atoms with E-state index in [1.165, 1.54) is 24.7 Å². The van der Waals surface area contributed by atoms with Gasteiger partial charge < -0.3 is 26.2 Å². The molecule has 0 bridgehead atoms. The van der Waals surface area contributed by atoms with Crippen LogP contribution in [0.15, 0.2) is 31.2 Å². The second-order valence-corrected chi connectivity index (χ2v) is 16.3. The molecule has 4 saturated carbocycles. The lowest BCUT2D eigenvalue weighted by molar-refractivity contribution is -0.146. The number of amides is 5. The summed E-state index contributed by atoms with van der Waals surface area (Å²) >= 11 is 0. The fourth-order valence-electron chi connectivity index (χ4n) is 9.17. The molecule has 2 heterocycles. The molecule has 4 N–H and O–H groups in total. The van der Waals surface area contributed by atoms with Gasteiger partial charge in [0, 0.05) is 25.5 Å². The third-order valence-electron chi connectivity index (χ3n) is 12.5. The van der Waals surface area contributed by atoms with E-state index in [9.17, 15) is 28.8 Å². The summed E-state index contributed by atoms with van der Waals surface area (Å²) in [5.41, 5.74) is -0.0726. The maximum atomic E-state index is 14.8. The number of nitrogens with one attached hydrogen (secondary N) is 4. The van der Waals surface area contributed by atoms with Crippen molar-refractivity contribution in [1.29, 1.82) is 0 Å². The van der Waals surface area contributed by atoms with Crippen LogP contribution < -0.4 is 21.3 Å². The van der Waals surface area contributed by atoms with Crippen LogP contribution in [0.4, 0.5) is 0 Å². The van der Waals surface area contributed by atoms with E-state index in [2.05, 4.69) is 51.7 Å². The molecule has 0 spiro atoms. The minimum atomic E-state index is -0.995. The van der Waals surface area contributed by atoms with Crippen LogP contribution in [0.25, 0.3) is 0 Å². The number of ketones is 1. The van der Waals surface area contributed by atoms with Crippen molar-refractivity contribution in [2.45, 2.75) is 121 Å². The lowest BCUT2D eigenvalue weighted by Crippen LogP contribution is -2.62. The molecule has 1 aliphatic heterocycles. The summed E-state index contributed by atoms with van der Waals surface area (Å²) in [5.74, 6) is -3.11. The lowest BCUT2D eigenvalue weighted by Gasteiger charge is -2.38. The molecular weight excluding hydrogens is 662 g/mol. The molecule has 13 nitrogen and oxygen atoms in total. The van der Waals surface area contributed by atoms with Gasteiger partial charge in [0.2, 0.25) is 23.5 Å². The van der Waals surface area contributed by atoms with E-state index >= 15 is 0 Å². The molecule has 1 aromatic heterocycles. The Hall–Kier alpha value is -4.16. The monoisotopic (exact) mass is 717 g/mol. The molecular formula is C39H55N7O6. The van der Waals surface area contributed by atoms with Gasteiger partial charge in [-0.15, -0.1) is 6.58 Å². The first-order valence-electron chi connectivity index (χ1n) is 19.4. The average Bonchev–Trinajstić information content (AvgIpc) is 4.02. The number of Topliss-reactive ketones (excluding diaryl/α,β-unsaturated/α-hetero) is 1. The summed E-state index contributed by atoms with van der Waals surface area (Å²) in [4.78, 5) is 92.4. The van der Waals surface area contributed by atoms with Crippen LogP contribution in [0, 0.1) is 35.0 Å². The Bertz CT molecular complexity index is 1520. The van der Waals surface area contributed by atoms with E-state index < -0.39 is 53.6 Å². The van der Waals surface area contributed by atoms with Crippen LogP contribution in [0.2, 0.25) is 0 Å². The largest absolute Gasteiger partial charge is 0.346 e. The third-order valence-corrected chi connectivity index (χ3v) is 12.5. The Morgan fingerprint density at radius 1 is 0.885 bits per heavy atom. The highest BCUT2D eigenvalue weighted by Crippen LogP contribution is 2.65. The standard InChI is InChI=1S/C39H55N7O6/c1-4-17-42-37(51)33(47)27(20-23-15-16-23)43-36(50)32-29-26(39(29,2)3)22-46(32)38(52)31(25-13-9-6-10-14-25)45-35(49)30(24-11-7-5-8-12-24)44-34(48)28-21-40-18-19-41-28/h4,18-19,21,23-27,29-32H,1,5-17,20,22H2,2-3H3,(H,42,51)(H,43,50)(H,44,48)(H,45,49)/t26-,27?,29-,30-,31-,32-/m0/s1. The van der Waals surface area contributed by atoms with Crippen LogP contribution >= 0.6 is 0 Å². The first-order chi connectivity index (χ1) is 25.0. The Morgan fingerprint density at radius 2 is 1.54 bits per heavy atom. The fourth-order valence-corrected chi connectivity index (χ4v) is 9.17. The van der Waals surface area contributed by atoms with Crippen LogP contribution in [-0.4, -0.2) is 87.4 Å². The summed E-state index contributed by atoms with van der Waals surface area (Å²) in [7, 11) is 0. The number of piperidine rings is 1. The number of nitrogens with zero attached hydrogens (tertiary/aromatic N) is 3. The predicted molar refractivity (Wildman–Crippen MR) is 192 cm³/mol. The molecule has 52 heavy (non-hydrogen) atoms. The molecule has 6 atom stereocenters. The summed E-state index contributed by atoms with van der Waals surface area (Å²) in [6.45, 7) is 8.27. The van der Waals surface area contributed by atoms with Crippen molar-refractivity contribution in [3.8, 4) is 0 Å². The maximum Gasteiger partial charge on any atom is 0.289 e. The number of carbonyl (C=O) groups is 6. The first kappa shape index (κ1) is 37.6. The van der Waals surface area contributed by atoms with Crippen molar-refractivity contribution in [3.63, 3.8) is 0 Å². The second-order valence-electron chi connectivity index (χ2n) is 16.3. The SMILES string of the molecule is C=CCNC(=O)C(=O)C(CC1CC1)NC(=O)[C@@H]1[C@@H]2[C@H](CN1C(=O)[C@@H](NC(=O)[C@@H](NC(=O)c1cnccn1)C1CCCCC1)C1CCCCC1)C2(C)C. The minimum Gasteiger partial charge on any atom is -0.346 e. The zero-order chi connectivity index (χ0) is 37.0. The second kappa shape index (κ2) is 16.2. The van der Waals surface area contributed by atoms with Crippen molar-refractivity contribution in [2.75, 3.05) is 13.1 Å². The van der Waals surface area contributed by atoms with Gasteiger partial charge in [-0.05, 0) is 67.1 Å². The summed E-state index contributed by atoms with van der Waals surface area (Å²) < 4.78 is 0. The predicted octanol–water partition coefficient (Wildman–Crippen LogP) is 2.86. The molecule has 5 fully saturated rings. The number of hydrogen-bond acceptors (Lipinski definition) is 8. The lowest BCUT2D eigenvalue weighted by atomic mass is 9.81. The maximum absolute atomic E-state index is 14.8. The highest BCUT2D eigenvalue weighted by atomic mass is 16.2. The Morgan fingerprint density at radius 3 is 2.13 bits per heavy atom. The molecule has 4 aliphatic carbocycles. The molecule has 5 amide bonds. The highest BCUT2D eigenvalue weighted by Gasteiger charge is 2.70. The van der Waals surface area contributed by atoms with Crippen molar-refractivity contribution in [1.82, 2.24) is 36.1 Å². The molecule has 5 aliphatic rings. The number of fused-ring (bicyclic) bond motifs is 1. The molecule has 1 saturated heterocycles. The third kappa shape index (κ3) is 8.39. The van der Waals surface area contributed by atoms with Crippen molar-refractivity contribution in [2.24, 2.45) is 35.0 Å². The average molecular weight is 718 g/mol. The molecule has 0 aromatic carbocycles. The van der Waals surface area contributed by atoms with E-state index in [1.54, 1.807) is 4.90 Å².